The average molecular weight is 1710 g/mol. The molecule has 14 aliphatic heterocycles. The fourth-order valence-electron chi connectivity index (χ4n) is 29.5. The van der Waals surface area contributed by atoms with Gasteiger partial charge in [-0.25, -0.2) is 51.9 Å². The molecule has 12 bridgehead atoms. The minimum absolute atomic E-state index is 0.0465. The zero-order chi connectivity index (χ0) is 87.5. The van der Waals surface area contributed by atoms with E-state index in [-0.39, 0.29) is 49.4 Å². The van der Waals surface area contributed by atoms with Gasteiger partial charge in [0.15, 0.2) is 11.3 Å². The molecule has 9 saturated heterocycles. The summed E-state index contributed by atoms with van der Waals surface area (Å²) in [6.45, 7) is 33.9. The van der Waals surface area contributed by atoms with Crippen LogP contribution in [0.2, 0.25) is 0 Å². The van der Waals surface area contributed by atoms with E-state index in [9.17, 15) is 0 Å². The van der Waals surface area contributed by atoms with Crippen LogP contribution in [-0.4, -0.2) is 46.4 Å². The van der Waals surface area contributed by atoms with E-state index in [1.165, 1.54) is 161 Å². The van der Waals surface area contributed by atoms with Crippen molar-refractivity contribution in [3.05, 3.63) is 273 Å². The Morgan fingerprint density at radius 2 is 0.712 bits per heavy atom. The molecule has 1 aromatic carbocycles. The van der Waals surface area contributed by atoms with Crippen LogP contribution in [0.1, 0.15) is 268 Å². The SMILES string of the molecule is CC1N(c2cccc[n+]2C)C2(C)CCC1(C)c1ccn(C)c12.CC1N(c2cccc[n+]2C)C2(C)CCC1(C)c1ccoc12.CC1N(c2cccc[n+]2C)C2(C)CCC1(C)c1ccsc12.CC1N(c2cccc[n+]2C)C2(C)CCC1(C)c1cscc12.CC1N(c2cccc[n+]2C)C23CCC1(CC2)CC3.CC1N(c2cccc[n+]2C)C23CCC1(CC2)c1ccccc13. The number of rotatable bonds is 6. The minimum atomic E-state index is -0.0465. The second kappa shape index (κ2) is 29.5. The molecule has 10 aliphatic carbocycles. The van der Waals surface area contributed by atoms with Crippen molar-refractivity contribution in [3.8, 4) is 0 Å². The van der Waals surface area contributed by atoms with E-state index >= 15 is 0 Å². The Kier molecular flexibility index (Phi) is 19.8. The van der Waals surface area contributed by atoms with Gasteiger partial charge in [0.2, 0.25) is 0 Å². The van der Waals surface area contributed by atoms with Crippen LogP contribution in [0.3, 0.4) is 0 Å². The summed E-state index contributed by atoms with van der Waals surface area (Å²) in [4.78, 5) is 17.7. The van der Waals surface area contributed by atoms with Gasteiger partial charge >= 0.3 is 0 Å². The van der Waals surface area contributed by atoms with Crippen molar-refractivity contribution in [2.45, 2.75) is 309 Å². The van der Waals surface area contributed by atoms with Crippen molar-refractivity contribution in [1.29, 1.82) is 0 Å². The van der Waals surface area contributed by atoms with E-state index in [1.807, 2.05) is 28.9 Å². The highest BCUT2D eigenvalue weighted by atomic mass is 32.1. The van der Waals surface area contributed by atoms with E-state index < -0.39 is 0 Å². The van der Waals surface area contributed by atoms with Crippen LogP contribution in [0.15, 0.2) is 222 Å². The smallest absolute Gasteiger partial charge is 0.277 e. The molecule has 16 heteroatoms. The number of nitrogens with zero attached hydrogens (tertiary/aromatic N) is 13. The normalized spacial score (nSPS) is 35.1. The third-order valence-electron chi connectivity index (χ3n) is 37.8. The molecule has 0 radical (unpaired) electrons. The Morgan fingerprint density at radius 1 is 0.320 bits per heavy atom. The number of fused-ring (bicyclic) bond motifs is 8. The number of aryl methyl sites for hydroxylation is 7. The number of thiophene rings is 2. The van der Waals surface area contributed by atoms with Gasteiger partial charge < -0.3 is 8.98 Å². The fourth-order valence-corrected chi connectivity index (χ4v) is 31.8. The first-order valence-corrected chi connectivity index (χ1v) is 49.5. The second-order valence-electron chi connectivity index (χ2n) is 43.1. The number of furan rings is 1. The van der Waals surface area contributed by atoms with Gasteiger partial charge in [-0.15, -0.1) is 11.3 Å². The fraction of sp³-hybridized carbons (Fsp3) is 0.523. The Labute approximate surface area is 754 Å². The van der Waals surface area contributed by atoms with Gasteiger partial charge in [-0.3, -0.25) is 4.90 Å². The first-order valence-electron chi connectivity index (χ1n) is 47.6. The summed E-state index contributed by atoms with van der Waals surface area (Å²) >= 11 is 3.81. The molecule has 14 nitrogen and oxygen atoms in total. The summed E-state index contributed by atoms with van der Waals surface area (Å²) in [6.07, 6.45) is 41.0. The number of benzene rings is 1. The Balaban J connectivity index is 0.0000000949. The molecule has 125 heavy (non-hydrogen) atoms. The number of pyridine rings is 6. The van der Waals surface area contributed by atoms with Gasteiger partial charge in [0, 0.05) is 98.8 Å². The molecule has 24 heterocycles. The lowest BCUT2D eigenvalue weighted by Crippen LogP contribution is -2.73. The zero-order valence-corrected chi connectivity index (χ0v) is 80.6. The lowest BCUT2D eigenvalue weighted by atomic mass is 9.47. The maximum absolute atomic E-state index is 5.95. The van der Waals surface area contributed by atoms with Crippen molar-refractivity contribution >= 4 is 57.6 Å². The van der Waals surface area contributed by atoms with E-state index in [0.717, 1.165) is 12.5 Å². The van der Waals surface area contributed by atoms with Crippen molar-refractivity contribution in [2.24, 2.45) is 54.7 Å². The molecule has 11 aromatic rings. The number of aromatic nitrogens is 7. The average Bonchev–Trinajstić information content (AvgIpc) is 1.54. The van der Waals surface area contributed by atoms with E-state index in [2.05, 4.69) is 419 Å². The summed E-state index contributed by atoms with van der Waals surface area (Å²) < 4.78 is 21.9. The van der Waals surface area contributed by atoms with Crippen LogP contribution in [0.25, 0.3) is 0 Å². The Bertz CT molecular complexity index is 5650. The van der Waals surface area contributed by atoms with Crippen LogP contribution in [0.5, 0.6) is 0 Å². The monoisotopic (exact) mass is 1710 g/mol. The molecule has 654 valence electrons. The zero-order valence-electron chi connectivity index (χ0n) is 79.0. The van der Waals surface area contributed by atoms with Gasteiger partial charge in [0.25, 0.3) is 34.9 Å². The standard InChI is InChI=1S/C20H23N2.C19H26N3.C18H23N2O.2C18H23N2S.C16H23N2/c1-15-19-10-12-20(13-11-19,17-8-4-3-7-16(17)19)22(15)18-9-5-6-14-21(18)2;1-14-18(2)10-11-19(3,17-15(18)9-13-21(17)5)22(14)16-8-6-7-12-20(16)4;2*1-13-17(2)9-10-18(3,16-14(17)8-12-21-16)20(13)15-7-5-6-11-19(15)4;1-13-17(2)8-9-18(3,15-12-21-11-14(15)17)20(13)16-7-5-6-10-19(16)4;1-13-15-6-9-16(10-7-15,11-8-15)18(13)14-5-3-4-12-17(14)2/h3-9,14-15H,10-13H2,1-2H3;6-9,12-14H,10-11H2,1-5H3;2*5-8,11-13H,9-10H2,1-4H3;5-7,10-13H,8-9H2,1-4H3;3-5,12-13H,6-11H2,1-2H3/q6*+1. The molecule has 4 saturated carbocycles. The van der Waals surface area contributed by atoms with Crippen LogP contribution >= 0.6 is 22.7 Å². The van der Waals surface area contributed by atoms with Crippen molar-refractivity contribution in [1.82, 2.24) is 4.57 Å². The third-order valence-corrected chi connectivity index (χ3v) is 39.7. The lowest BCUT2D eigenvalue weighted by Gasteiger charge is -2.65. The molecule has 10 aromatic heterocycles. The summed E-state index contributed by atoms with van der Waals surface area (Å²) in [5.74, 6) is 9.20. The number of hydrogen-bond donors (Lipinski definition) is 0. The highest BCUT2D eigenvalue weighted by Gasteiger charge is 2.72. The number of hydrogen-bond acceptors (Lipinski definition) is 9. The largest absolute Gasteiger partial charge is 0.464 e. The van der Waals surface area contributed by atoms with Crippen molar-refractivity contribution in [2.75, 3.05) is 29.4 Å². The number of piperidine rings is 9. The Morgan fingerprint density at radius 3 is 1.20 bits per heavy atom. The predicted molar refractivity (Wildman–Crippen MR) is 507 cm³/mol. The maximum Gasteiger partial charge on any atom is 0.277 e. The van der Waals surface area contributed by atoms with E-state index in [0.29, 0.717) is 46.6 Å². The van der Waals surface area contributed by atoms with Crippen LogP contribution in [0.4, 0.5) is 34.9 Å². The van der Waals surface area contributed by atoms with Gasteiger partial charge in [-0.1, -0.05) is 88.4 Å². The van der Waals surface area contributed by atoms with Crippen molar-refractivity contribution < 1.29 is 31.8 Å². The molecule has 0 spiro atoms. The molecule has 24 aliphatic rings. The van der Waals surface area contributed by atoms with Gasteiger partial charge in [-0.2, -0.15) is 11.3 Å². The third kappa shape index (κ3) is 11.7. The van der Waals surface area contributed by atoms with Crippen molar-refractivity contribution in [3.63, 3.8) is 0 Å². The molecule has 13 fully saturated rings. The van der Waals surface area contributed by atoms with Crippen LogP contribution < -0.4 is 56.8 Å². The maximum atomic E-state index is 5.95. The highest BCUT2D eigenvalue weighted by Crippen LogP contribution is 2.69. The summed E-state index contributed by atoms with van der Waals surface area (Å²) in [7, 11) is 15.2. The van der Waals surface area contributed by atoms with E-state index in [1.54, 1.807) is 38.3 Å². The molecular formula is C109H141N13OS2+6. The van der Waals surface area contributed by atoms with Crippen LogP contribution in [0, 0.1) is 5.41 Å². The second-order valence-corrected chi connectivity index (χ2v) is 44.8. The first-order chi connectivity index (χ1) is 59.7. The quantitative estimate of drug-likeness (QED) is 0.154. The summed E-state index contributed by atoms with van der Waals surface area (Å²) in [5, 5.41) is 7.06. The topological polar surface area (TPSA) is 60.8 Å². The molecular weight excluding hydrogens is 1570 g/mol. The number of anilines is 6. The lowest BCUT2D eigenvalue weighted by molar-refractivity contribution is -0.660. The van der Waals surface area contributed by atoms with Crippen LogP contribution in [-0.2, 0) is 104 Å². The molecule has 0 N–H and O–H groups in total. The molecule has 14 atom stereocenters. The molecule has 35 rings (SSSR count). The molecule has 0 amide bonds. The highest BCUT2D eigenvalue weighted by molar-refractivity contribution is 7.10. The summed E-state index contributed by atoms with van der Waals surface area (Å²) in [6, 6.07) is 58.7. The van der Waals surface area contributed by atoms with Gasteiger partial charge in [-0.05, 0) is 278 Å². The minimum Gasteiger partial charge on any atom is -0.464 e. The van der Waals surface area contributed by atoms with E-state index in [4.69, 9.17) is 4.42 Å². The first kappa shape index (κ1) is 84.1. The molecule has 14 unspecified atom stereocenters. The summed E-state index contributed by atoms with van der Waals surface area (Å²) in [5.41, 5.74) is 15.4. The van der Waals surface area contributed by atoms with Gasteiger partial charge in [0.05, 0.1) is 102 Å². The predicted octanol–water partition coefficient (Wildman–Crippen LogP) is 20.1. The van der Waals surface area contributed by atoms with Gasteiger partial charge in [0.1, 0.15) is 57.9 Å². The Hall–Kier alpha value is -9.12.